The third-order valence-electron chi connectivity index (χ3n) is 2.08. The van der Waals surface area contributed by atoms with E-state index >= 15 is 0 Å². The molecule has 2 N–H and O–H groups in total. The zero-order valence-corrected chi connectivity index (χ0v) is 9.15. The monoisotopic (exact) mass is 238 g/mol. The molecule has 0 aromatic carbocycles. The minimum absolute atomic E-state index is 0.0949. The van der Waals surface area contributed by atoms with Crippen LogP contribution in [-0.4, -0.2) is 32.6 Å². The number of carbonyl (C=O) groups is 1. The molecule has 6 heteroatoms. The van der Waals surface area contributed by atoms with Gasteiger partial charge < -0.3 is 10.2 Å². The first-order chi connectivity index (χ1) is 7.72. The van der Waals surface area contributed by atoms with Gasteiger partial charge in [0.15, 0.2) is 0 Å². The average Bonchev–Trinajstić information content (AvgIpc) is 2.83. The highest BCUT2D eigenvalue weighted by atomic mass is 32.1. The Morgan fingerprint density at radius 1 is 1.56 bits per heavy atom. The zero-order valence-electron chi connectivity index (χ0n) is 8.33. The Morgan fingerprint density at radius 2 is 2.38 bits per heavy atom. The molecule has 0 atom stereocenters. The quantitative estimate of drug-likeness (QED) is 0.841. The Bertz CT molecular complexity index is 490. The van der Waals surface area contributed by atoms with Crippen LogP contribution in [-0.2, 0) is 6.54 Å². The van der Waals surface area contributed by atoms with E-state index < -0.39 is 5.97 Å². The van der Waals surface area contributed by atoms with Crippen LogP contribution in [0.1, 0.15) is 10.5 Å². The average molecular weight is 238 g/mol. The molecule has 2 rings (SSSR count). The summed E-state index contributed by atoms with van der Waals surface area (Å²) in [5.74, 6) is -1.04. The minimum Gasteiger partial charge on any atom is -0.477 e. The number of nitrogens with zero attached hydrogens (tertiary/aromatic N) is 2. The number of carboxylic acids is 1. The van der Waals surface area contributed by atoms with E-state index in [9.17, 15) is 4.79 Å². The van der Waals surface area contributed by atoms with Crippen molar-refractivity contribution in [3.63, 3.8) is 0 Å². The lowest BCUT2D eigenvalue weighted by molar-refractivity contribution is 0.0681. The summed E-state index contributed by atoms with van der Waals surface area (Å²) in [4.78, 5) is 11.9. The van der Waals surface area contributed by atoms with Gasteiger partial charge >= 0.3 is 5.97 Å². The maximum Gasteiger partial charge on any atom is 0.354 e. The second kappa shape index (κ2) is 4.46. The van der Waals surface area contributed by atoms with Crippen LogP contribution in [0, 0.1) is 0 Å². The van der Waals surface area contributed by atoms with Gasteiger partial charge in [-0.15, -0.1) is 11.3 Å². The van der Waals surface area contributed by atoms with E-state index in [4.69, 9.17) is 10.2 Å². The third-order valence-corrected chi connectivity index (χ3v) is 2.98. The highest BCUT2D eigenvalue weighted by Gasteiger charge is 2.15. The van der Waals surface area contributed by atoms with Crippen LogP contribution in [0.15, 0.2) is 23.6 Å². The predicted octanol–water partition coefficient (Wildman–Crippen LogP) is 1.30. The molecule has 16 heavy (non-hydrogen) atoms. The molecule has 0 unspecified atom stereocenters. The van der Waals surface area contributed by atoms with Gasteiger partial charge in [-0.05, 0) is 17.5 Å². The van der Waals surface area contributed by atoms with Crippen molar-refractivity contribution >= 4 is 17.3 Å². The van der Waals surface area contributed by atoms with E-state index in [1.165, 1.54) is 22.1 Å². The van der Waals surface area contributed by atoms with Gasteiger partial charge in [-0.25, -0.2) is 4.79 Å². The first-order valence-corrected chi connectivity index (χ1v) is 5.56. The molecular formula is C10H10N2O3S. The number of rotatable bonds is 4. The molecule has 0 saturated heterocycles. The van der Waals surface area contributed by atoms with Gasteiger partial charge in [-0.2, -0.15) is 5.10 Å². The third kappa shape index (κ3) is 1.98. The fourth-order valence-electron chi connectivity index (χ4n) is 1.40. The number of aliphatic hydroxyl groups is 1. The molecule has 0 spiro atoms. The SMILES string of the molecule is O=C(O)c1cc(-c2cccs2)nn1CCO. The van der Waals surface area contributed by atoms with E-state index in [1.807, 2.05) is 17.5 Å². The molecule has 0 aliphatic rings. The number of hydrogen-bond acceptors (Lipinski definition) is 4. The van der Waals surface area contributed by atoms with Crippen molar-refractivity contribution in [1.29, 1.82) is 0 Å². The molecule has 0 bridgehead atoms. The van der Waals surface area contributed by atoms with Crippen molar-refractivity contribution < 1.29 is 15.0 Å². The lowest BCUT2D eigenvalue weighted by atomic mass is 10.3. The van der Waals surface area contributed by atoms with Crippen molar-refractivity contribution in [3.8, 4) is 10.6 Å². The Kier molecular flexibility index (Phi) is 3.02. The van der Waals surface area contributed by atoms with Crippen molar-refractivity contribution in [2.75, 3.05) is 6.61 Å². The fourth-order valence-corrected chi connectivity index (χ4v) is 2.08. The number of aliphatic hydroxyl groups excluding tert-OH is 1. The summed E-state index contributed by atoms with van der Waals surface area (Å²) in [7, 11) is 0. The molecule has 2 aromatic rings. The predicted molar refractivity (Wildman–Crippen MR) is 59.6 cm³/mol. The Balaban J connectivity index is 2.42. The van der Waals surface area contributed by atoms with E-state index in [-0.39, 0.29) is 18.8 Å². The van der Waals surface area contributed by atoms with Crippen LogP contribution in [0.2, 0.25) is 0 Å². The summed E-state index contributed by atoms with van der Waals surface area (Å²) in [5.41, 5.74) is 0.721. The molecule has 2 aromatic heterocycles. The van der Waals surface area contributed by atoms with Crippen molar-refractivity contribution in [2.45, 2.75) is 6.54 Å². The largest absolute Gasteiger partial charge is 0.477 e. The van der Waals surface area contributed by atoms with Gasteiger partial charge in [0.1, 0.15) is 11.4 Å². The van der Waals surface area contributed by atoms with Crippen LogP contribution in [0.4, 0.5) is 0 Å². The Hall–Kier alpha value is -1.66. The molecule has 2 heterocycles. The van der Waals surface area contributed by atoms with Crippen molar-refractivity contribution in [1.82, 2.24) is 9.78 Å². The second-order valence-electron chi connectivity index (χ2n) is 3.14. The van der Waals surface area contributed by atoms with Gasteiger partial charge in [0.2, 0.25) is 0 Å². The maximum absolute atomic E-state index is 10.9. The first kappa shape index (κ1) is 10.8. The smallest absolute Gasteiger partial charge is 0.354 e. The highest BCUT2D eigenvalue weighted by molar-refractivity contribution is 7.13. The fraction of sp³-hybridized carbons (Fsp3) is 0.200. The standard InChI is InChI=1S/C10H10N2O3S/c13-4-3-12-8(10(14)15)6-7(11-12)9-2-1-5-16-9/h1-2,5-6,13H,3-4H2,(H,14,15). The molecule has 0 amide bonds. The number of hydrogen-bond donors (Lipinski definition) is 2. The molecular weight excluding hydrogens is 228 g/mol. The van der Waals surface area contributed by atoms with Gasteiger partial charge in [0.25, 0.3) is 0 Å². The second-order valence-corrected chi connectivity index (χ2v) is 4.09. The van der Waals surface area contributed by atoms with Crippen molar-refractivity contribution in [3.05, 3.63) is 29.3 Å². The molecule has 0 radical (unpaired) electrons. The highest BCUT2D eigenvalue weighted by Crippen LogP contribution is 2.24. The van der Waals surface area contributed by atoms with Gasteiger partial charge in [-0.3, -0.25) is 4.68 Å². The number of aromatic carboxylic acids is 1. The molecule has 0 aliphatic carbocycles. The molecule has 0 fully saturated rings. The summed E-state index contributed by atoms with van der Waals surface area (Å²) in [6.07, 6.45) is 0. The van der Waals surface area contributed by atoms with Gasteiger partial charge in [0, 0.05) is 0 Å². The summed E-state index contributed by atoms with van der Waals surface area (Å²) in [6.45, 7) is 0.0544. The normalized spacial score (nSPS) is 10.6. The summed E-state index contributed by atoms with van der Waals surface area (Å²) >= 11 is 1.50. The van der Waals surface area contributed by atoms with Crippen LogP contribution < -0.4 is 0 Å². The van der Waals surface area contributed by atoms with E-state index in [0.29, 0.717) is 5.69 Å². The lowest BCUT2D eigenvalue weighted by Crippen LogP contribution is -2.12. The van der Waals surface area contributed by atoms with Gasteiger partial charge in [0.05, 0.1) is 18.0 Å². The molecule has 84 valence electrons. The first-order valence-electron chi connectivity index (χ1n) is 4.68. The zero-order chi connectivity index (χ0) is 11.5. The molecule has 0 saturated carbocycles. The van der Waals surface area contributed by atoms with Gasteiger partial charge in [-0.1, -0.05) is 6.07 Å². The summed E-state index contributed by atoms with van der Waals surface area (Å²) in [5, 5.41) is 23.8. The molecule has 5 nitrogen and oxygen atoms in total. The number of aromatic nitrogens is 2. The Labute approximate surface area is 95.6 Å². The van der Waals surface area contributed by atoms with E-state index in [2.05, 4.69) is 5.10 Å². The number of carboxylic acid groups (broad SMARTS) is 1. The summed E-state index contributed by atoms with van der Waals surface area (Å²) in [6, 6.07) is 5.28. The van der Waals surface area contributed by atoms with Crippen molar-refractivity contribution in [2.24, 2.45) is 0 Å². The summed E-state index contributed by atoms with van der Waals surface area (Å²) < 4.78 is 1.30. The number of thiophene rings is 1. The van der Waals surface area contributed by atoms with Crippen LogP contribution in [0.25, 0.3) is 10.6 Å². The molecule has 0 aliphatic heterocycles. The van der Waals surface area contributed by atoms with Crippen LogP contribution >= 0.6 is 11.3 Å². The van der Waals surface area contributed by atoms with Crippen LogP contribution in [0.5, 0.6) is 0 Å². The van der Waals surface area contributed by atoms with E-state index in [0.717, 1.165) is 4.88 Å². The van der Waals surface area contributed by atoms with Crippen LogP contribution in [0.3, 0.4) is 0 Å². The topological polar surface area (TPSA) is 75.3 Å². The van der Waals surface area contributed by atoms with E-state index in [1.54, 1.807) is 0 Å². The minimum atomic E-state index is -1.04. The lowest BCUT2D eigenvalue weighted by Gasteiger charge is -1.99. The Morgan fingerprint density at radius 3 is 2.94 bits per heavy atom. The maximum atomic E-state index is 10.9.